The lowest BCUT2D eigenvalue weighted by Crippen LogP contribution is -2.30. The minimum atomic E-state index is -3.52. The minimum Gasteiger partial charge on any atom is -0.467 e. The fourth-order valence-corrected chi connectivity index (χ4v) is 5.45. The maximum absolute atomic E-state index is 12.7. The first-order valence-electron chi connectivity index (χ1n) is 10.4. The molecule has 32 heavy (non-hydrogen) atoms. The van der Waals surface area contributed by atoms with Crippen molar-refractivity contribution in [3.63, 3.8) is 0 Å². The van der Waals surface area contributed by atoms with Gasteiger partial charge in [0.2, 0.25) is 15.9 Å². The Morgan fingerprint density at radius 2 is 1.84 bits per heavy atom. The lowest BCUT2D eigenvalue weighted by Gasteiger charge is -2.18. The van der Waals surface area contributed by atoms with Gasteiger partial charge in [-0.15, -0.1) is 10.2 Å². The molecule has 3 rings (SSSR count). The van der Waals surface area contributed by atoms with E-state index in [0.717, 1.165) is 5.56 Å². The van der Waals surface area contributed by atoms with Gasteiger partial charge in [0.1, 0.15) is 5.76 Å². The molecule has 2 aromatic heterocycles. The molecule has 0 atom stereocenters. The third-order valence-corrected chi connectivity index (χ3v) is 7.89. The van der Waals surface area contributed by atoms with E-state index < -0.39 is 10.0 Å². The Balaban J connectivity index is 1.69. The molecule has 9 nitrogen and oxygen atoms in total. The van der Waals surface area contributed by atoms with Crippen LogP contribution in [0.5, 0.6) is 0 Å². The Bertz CT molecular complexity index is 1120. The molecule has 1 N–H and O–H groups in total. The van der Waals surface area contributed by atoms with Crippen LogP contribution in [0.3, 0.4) is 0 Å². The first-order chi connectivity index (χ1) is 15.4. The zero-order chi connectivity index (χ0) is 23.1. The van der Waals surface area contributed by atoms with Gasteiger partial charge >= 0.3 is 0 Å². The van der Waals surface area contributed by atoms with Crippen molar-refractivity contribution in [2.45, 2.75) is 43.9 Å². The van der Waals surface area contributed by atoms with Crippen LogP contribution in [0.15, 0.2) is 57.1 Å². The van der Waals surface area contributed by atoms with E-state index >= 15 is 0 Å². The van der Waals surface area contributed by atoms with Gasteiger partial charge in [-0.1, -0.05) is 25.6 Å². The molecular weight excluding hydrogens is 450 g/mol. The first kappa shape index (κ1) is 24.0. The molecule has 0 bridgehead atoms. The number of hydrogen-bond acceptors (Lipinski definition) is 7. The van der Waals surface area contributed by atoms with Crippen LogP contribution < -0.4 is 5.32 Å². The van der Waals surface area contributed by atoms with Gasteiger partial charge < -0.3 is 14.3 Å². The molecule has 0 spiro atoms. The summed E-state index contributed by atoms with van der Waals surface area (Å²) in [6.07, 6.45) is 1.56. The van der Waals surface area contributed by atoms with Crippen molar-refractivity contribution in [2.75, 3.05) is 18.8 Å². The Labute approximate surface area is 192 Å². The number of aromatic nitrogens is 3. The number of amides is 1. The van der Waals surface area contributed by atoms with Crippen molar-refractivity contribution >= 4 is 27.7 Å². The Kier molecular flexibility index (Phi) is 8.10. The number of nitrogens with zero attached hydrogens (tertiary/aromatic N) is 4. The fourth-order valence-electron chi connectivity index (χ4n) is 3.16. The summed E-state index contributed by atoms with van der Waals surface area (Å²) in [5.74, 6) is 1.37. The molecule has 11 heteroatoms. The molecular formula is C21H27N5O4S2. The predicted molar refractivity (Wildman–Crippen MR) is 123 cm³/mol. The van der Waals surface area contributed by atoms with Crippen molar-refractivity contribution in [1.82, 2.24) is 24.4 Å². The molecule has 0 fully saturated rings. The molecule has 0 aliphatic rings. The maximum Gasteiger partial charge on any atom is 0.243 e. The summed E-state index contributed by atoms with van der Waals surface area (Å²) >= 11 is 1.29. The number of carbonyl (C=O) groups is 1. The molecule has 3 aromatic rings. The normalized spacial score (nSPS) is 11.8. The zero-order valence-corrected chi connectivity index (χ0v) is 19.9. The van der Waals surface area contributed by atoms with Crippen LogP contribution in [0.4, 0.5) is 0 Å². The number of rotatable bonds is 11. The van der Waals surface area contributed by atoms with Gasteiger partial charge in [0.05, 0.1) is 23.5 Å². The Hall–Kier alpha value is -2.63. The number of sulfonamides is 1. The van der Waals surface area contributed by atoms with E-state index in [1.54, 1.807) is 42.7 Å². The number of hydrogen-bond donors (Lipinski definition) is 1. The van der Waals surface area contributed by atoms with Crippen LogP contribution >= 0.6 is 11.8 Å². The highest BCUT2D eigenvalue weighted by Gasteiger charge is 2.22. The molecule has 1 aromatic carbocycles. The average molecular weight is 478 g/mol. The average Bonchev–Trinajstić information content (AvgIpc) is 3.46. The monoisotopic (exact) mass is 477 g/mol. The first-order valence-corrected chi connectivity index (χ1v) is 12.8. The van der Waals surface area contributed by atoms with E-state index in [2.05, 4.69) is 15.5 Å². The third-order valence-electron chi connectivity index (χ3n) is 4.86. The van der Waals surface area contributed by atoms with Crippen LogP contribution in [0.2, 0.25) is 0 Å². The summed E-state index contributed by atoms with van der Waals surface area (Å²) in [6, 6.07) is 10.2. The number of furan rings is 1. The maximum atomic E-state index is 12.7. The van der Waals surface area contributed by atoms with Gasteiger partial charge in [0.15, 0.2) is 11.0 Å². The van der Waals surface area contributed by atoms with E-state index in [9.17, 15) is 13.2 Å². The van der Waals surface area contributed by atoms with Crippen molar-refractivity contribution in [3.8, 4) is 11.4 Å². The van der Waals surface area contributed by atoms with E-state index in [-0.39, 0.29) is 16.6 Å². The molecule has 1 amide bonds. The SMILES string of the molecule is CCN(CC)S(=O)(=O)c1ccc(-c2nnc(SCC(=O)NCc3ccco3)n2CC)cc1. The minimum absolute atomic E-state index is 0.135. The van der Waals surface area contributed by atoms with Crippen LogP contribution in [0.25, 0.3) is 11.4 Å². The number of carbonyl (C=O) groups excluding carboxylic acids is 1. The summed E-state index contributed by atoms with van der Waals surface area (Å²) in [6.45, 7) is 7.37. The van der Waals surface area contributed by atoms with Crippen molar-refractivity contribution in [1.29, 1.82) is 0 Å². The highest BCUT2D eigenvalue weighted by Crippen LogP contribution is 2.26. The lowest BCUT2D eigenvalue weighted by molar-refractivity contribution is -0.118. The number of nitrogens with one attached hydrogen (secondary N) is 1. The van der Waals surface area contributed by atoms with E-state index in [1.807, 2.05) is 25.3 Å². The van der Waals surface area contributed by atoms with Crippen LogP contribution in [0, 0.1) is 0 Å². The van der Waals surface area contributed by atoms with Gasteiger partial charge in [0.25, 0.3) is 0 Å². The van der Waals surface area contributed by atoms with Crippen LogP contribution in [0.1, 0.15) is 26.5 Å². The Morgan fingerprint density at radius 3 is 2.44 bits per heavy atom. The largest absolute Gasteiger partial charge is 0.467 e. The van der Waals surface area contributed by atoms with Crippen molar-refractivity contribution < 1.29 is 17.6 Å². The molecule has 0 saturated heterocycles. The van der Waals surface area contributed by atoms with Crippen LogP contribution in [-0.4, -0.2) is 52.2 Å². The molecule has 0 aliphatic carbocycles. The van der Waals surface area contributed by atoms with Gasteiger partial charge in [-0.05, 0) is 43.3 Å². The third kappa shape index (κ3) is 5.40. The zero-order valence-electron chi connectivity index (χ0n) is 18.3. The van der Waals surface area contributed by atoms with E-state index in [1.165, 1.54) is 16.1 Å². The Morgan fingerprint density at radius 1 is 1.12 bits per heavy atom. The second-order valence-electron chi connectivity index (χ2n) is 6.81. The molecule has 0 saturated carbocycles. The fraction of sp³-hybridized carbons (Fsp3) is 0.381. The smallest absolute Gasteiger partial charge is 0.243 e. The molecule has 0 unspecified atom stereocenters. The standard InChI is InChI=1S/C21H27N5O4S2/c1-4-25(5-2)32(28,29)18-11-9-16(10-12-18)20-23-24-21(26(20)6-3)31-15-19(27)22-14-17-8-7-13-30-17/h7-13H,4-6,14-15H2,1-3H3,(H,22,27). The van der Waals surface area contributed by atoms with Gasteiger partial charge in [-0.25, -0.2) is 8.42 Å². The highest BCUT2D eigenvalue weighted by molar-refractivity contribution is 7.99. The van der Waals surface area contributed by atoms with E-state index in [0.29, 0.717) is 42.9 Å². The van der Waals surface area contributed by atoms with Crippen molar-refractivity contribution in [3.05, 3.63) is 48.4 Å². The predicted octanol–water partition coefficient (Wildman–Crippen LogP) is 3.00. The lowest BCUT2D eigenvalue weighted by atomic mass is 10.2. The van der Waals surface area contributed by atoms with Crippen LogP contribution in [-0.2, 0) is 27.9 Å². The molecule has 0 radical (unpaired) electrons. The highest BCUT2D eigenvalue weighted by atomic mass is 32.2. The number of thioether (sulfide) groups is 1. The quantitative estimate of drug-likeness (QED) is 0.423. The van der Waals surface area contributed by atoms with E-state index in [4.69, 9.17) is 4.42 Å². The number of benzene rings is 1. The second kappa shape index (κ2) is 10.8. The molecule has 172 valence electrons. The second-order valence-corrected chi connectivity index (χ2v) is 9.69. The summed E-state index contributed by atoms with van der Waals surface area (Å²) in [4.78, 5) is 12.4. The topological polar surface area (TPSA) is 110 Å². The summed E-state index contributed by atoms with van der Waals surface area (Å²) in [5, 5.41) is 11.9. The van der Waals surface area contributed by atoms with Gasteiger partial charge in [-0.3, -0.25) is 4.79 Å². The summed E-state index contributed by atoms with van der Waals surface area (Å²) in [5.41, 5.74) is 0.756. The van der Waals surface area contributed by atoms with Gasteiger partial charge in [-0.2, -0.15) is 4.31 Å². The molecule has 0 aliphatic heterocycles. The summed E-state index contributed by atoms with van der Waals surface area (Å²) < 4.78 is 33.9. The summed E-state index contributed by atoms with van der Waals surface area (Å²) in [7, 11) is -3.52. The van der Waals surface area contributed by atoms with Crippen molar-refractivity contribution in [2.24, 2.45) is 0 Å². The van der Waals surface area contributed by atoms with Gasteiger partial charge in [0, 0.05) is 25.2 Å². The molecule has 2 heterocycles.